The van der Waals surface area contributed by atoms with Crippen LogP contribution < -0.4 is 11.1 Å². The van der Waals surface area contributed by atoms with Crippen LogP contribution in [0, 0.1) is 0 Å². The Labute approximate surface area is 130 Å². The molecule has 8 heteroatoms. The molecule has 0 bridgehead atoms. The molecule has 0 aliphatic heterocycles. The third-order valence-corrected chi connectivity index (χ3v) is 4.36. The molecule has 6 nitrogen and oxygen atoms in total. The first-order valence-corrected chi connectivity index (χ1v) is 8.47. The summed E-state index contributed by atoms with van der Waals surface area (Å²) in [6.07, 6.45) is 4.13. The third-order valence-electron chi connectivity index (χ3n) is 2.64. The number of benzene rings is 1. The lowest BCUT2D eigenvalue weighted by atomic mass is 10.2. The molecule has 1 aromatic heterocycles. The summed E-state index contributed by atoms with van der Waals surface area (Å²) in [6, 6.07) is 5.63. The first kappa shape index (κ1) is 15.5. The Morgan fingerprint density at radius 2 is 2.05 bits per heavy atom. The van der Waals surface area contributed by atoms with Crippen molar-refractivity contribution < 1.29 is 13.2 Å². The van der Waals surface area contributed by atoms with E-state index in [0.717, 1.165) is 6.26 Å². The third kappa shape index (κ3) is 3.79. The van der Waals surface area contributed by atoms with Crippen molar-refractivity contribution in [1.82, 2.24) is 4.98 Å². The summed E-state index contributed by atoms with van der Waals surface area (Å²) in [5.74, 6) is -0.459. The predicted molar refractivity (Wildman–Crippen MR) is 83.9 cm³/mol. The molecular formula is C13H12BrN3O3S. The van der Waals surface area contributed by atoms with Gasteiger partial charge in [0, 0.05) is 29.9 Å². The quantitative estimate of drug-likeness (QED) is 0.806. The van der Waals surface area contributed by atoms with Crippen LogP contribution in [0.4, 0.5) is 11.4 Å². The van der Waals surface area contributed by atoms with E-state index in [1.165, 1.54) is 30.6 Å². The summed E-state index contributed by atoms with van der Waals surface area (Å²) < 4.78 is 23.8. The zero-order valence-corrected chi connectivity index (χ0v) is 13.4. The number of aromatic nitrogens is 1. The second kappa shape index (κ2) is 5.82. The van der Waals surface area contributed by atoms with Gasteiger partial charge in [0.15, 0.2) is 9.84 Å². The van der Waals surface area contributed by atoms with E-state index < -0.39 is 15.7 Å². The van der Waals surface area contributed by atoms with Crippen LogP contribution in [0.2, 0.25) is 0 Å². The summed E-state index contributed by atoms with van der Waals surface area (Å²) in [6.45, 7) is 0. The highest BCUT2D eigenvalue weighted by Gasteiger charge is 2.14. The van der Waals surface area contributed by atoms with E-state index in [1.54, 1.807) is 6.07 Å². The standard InChI is InChI=1S/C13H12BrN3O3S/c1-21(19,20)10-5-8(4-9(15)6-10)13(18)17-12-2-3-16-7-11(12)14/h2-7H,15H2,1H3,(H,16,17,18). The molecule has 1 heterocycles. The second-order valence-electron chi connectivity index (χ2n) is 4.37. The second-order valence-corrected chi connectivity index (χ2v) is 7.24. The van der Waals surface area contributed by atoms with Crippen LogP contribution in [0.3, 0.4) is 0 Å². The molecule has 0 fully saturated rings. The monoisotopic (exact) mass is 369 g/mol. The van der Waals surface area contributed by atoms with Gasteiger partial charge in [0.05, 0.1) is 15.1 Å². The van der Waals surface area contributed by atoms with Gasteiger partial charge in [-0.15, -0.1) is 0 Å². The van der Waals surface area contributed by atoms with Gasteiger partial charge in [-0.3, -0.25) is 9.78 Å². The molecule has 1 aromatic carbocycles. The van der Waals surface area contributed by atoms with E-state index >= 15 is 0 Å². The average molecular weight is 370 g/mol. The van der Waals surface area contributed by atoms with Gasteiger partial charge < -0.3 is 11.1 Å². The highest BCUT2D eigenvalue weighted by molar-refractivity contribution is 9.10. The lowest BCUT2D eigenvalue weighted by molar-refractivity contribution is 0.102. The van der Waals surface area contributed by atoms with Gasteiger partial charge in [0.2, 0.25) is 0 Å². The van der Waals surface area contributed by atoms with Crippen LogP contribution >= 0.6 is 15.9 Å². The number of rotatable bonds is 3. The van der Waals surface area contributed by atoms with Gasteiger partial charge in [-0.2, -0.15) is 0 Å². The average Bonchev–Trinajstić information content (AvgIpc) is 2.39. The summed E-state index contributed by atoms with van der Waals surface area (Å²) in [5, 5.41) is 2.66. The van der Waals surface area contributed by atoms with Crippen molar-refractivity contribution >= 4 is 43.0 Å². The highest BCUT2D eigenvalue weighted by Crippen LogP contribution is 2.22. The van der Waals surface area contributed by atoms with E-state index in [2.05, 4.69) is 26.2 Å². The number of amides is 1. The van der Waals surface area contributed by atoms with Gasteiger partial charge in [-0.25, -0.2) is 8.42 Å². The number of nitrogens with one attached hydrogen (secondary N) is 1. The summed E-state index contributed by atoms with van der Waals surface area (Å²) in [5.41, 5.74) is 6.55. The maximum Gasteiger partial charge on any atom is 0.255 e. The molecule has 0 aliphatic carbocycles. The van der Waals surface area contributed by atoms with Gasteiger partial charge in [0.1, 0.15) is 0 Å². The molecule has 0 saturated heterocycles. The molecule has 0 spiro atoms. The minimum atomic E-state index is -3.44. The number of carbonyl (C=O) groups is 1. The van der Waals surface area contributed by atoms with Crippen LogP contribution in [-0.4, -0.2) is 25.6 Å². The number of hydrogen-bond acceptors (Lipinski definition) is 5. The van der Waals surface area contributed by atoms with Gasteiger partial charge in [0.25, 0.3) is 5.91 Å². The first-order chi connectivity index (χ1) is 9.77. The largest absolute Gasteiger partial charge is 0.399 e. The number of pyridine rings is 1. The number of nitrogens with zero attached hydrogens (tertiary/aromatic N) is 1. The Hall–Kier alpha value is -1.93. The molecule has 1 amide bonds. The summed E-state index contributed by atoms with van der Waals surface area (Å²) in [4.78, 5) is 16.1. The molecule has 2 aromatic rings. The van der Waals surface area contributed by atoms with Crippen LogP contribution in [0.1, 0.15) is 10.4 Å². The maximum absolute atomic E-state index is 12.2. The minimum Gasteiger partial charge on any atom is -0.399 e. The molecule has 0 saturated carbocycles. The van der Waals surface area contributed by atoms with Gasteiger partial charge in [-0.1, -0.05) is 0 Å². The zero-order chi connectivity index (χ0) is 15.6. The number of carbonyl (C=O) groups excluding carboxylic acids is 1. The minimum absolute atomic E-state index is 0.00134. The summed E-state index contributed by atoms with van der Waals surface area (Å²) in [7, 11) is -3.44. The Morgan fingerprint density at radius 3 is 2.67 bits per heavy atom. The van der Waals surface area contributed by atoms with Crippen molar-refractivity contribution in [2.24, 2.45) is 0 Å². The lowest BCUT2D eigenvalue weighted by Gasteiger charge is -2.09. The topological polar surface area (TPSA) is 102 Å². The molecule has 0 aliphatic rings. The van der Waals surface area contributed by atoms with E-state index in [9.17, 15) is 13.2 Å². The predicted octanol–water partition coefficient (Wildman–Crippen LogP) is 2.08. The van der Waals surface area contributed by atoms with Crippen LogP contribution in [-0.2, 0) is 9.84 Å². The normalized spacial score (nSPS) is 11.1. The van der Waals surface area contributed by atoms with Gasteiger partial charge in [-0.05, 0) is 40.2 Å². The fourth-order valence-electron chi connectivity index (χ4n) is 1.64. The number of nitrogen functional groups attached to an aromatic ring is 1. The van der Waals surface area contributed by atoms with Crippen molar-refractivity contribution in [3.05, 3.63) is 46.7 Å². The molecular weight excluding hydrogens is 358 g/mol. The van der Waals surface area contributed by atoms with Crippen molar-refractivity contribution in [2.75, 3.05) is 17.3 Å². The molecule has 110 valence electrons. The van der Waals surface area contributed by atoms with Gasteiger partial charge >= 0.3 is 0 Å². The van der Waals surface area contributed by atoms with Crippen molar-refractivity contribution in [3.8, 4) is 0 Å². The molecule has 0 radical (unpaired) electrons. The highest BCUT2D eigenvalue weighted by atomic mass is 79.9. The Balaban J connectivity index is 2.36. The van der Waals surface area contributed by atoms with E-state index in [0.29, 0.717) is 10.2 Å². The number of sulfone groups is 1. The Bertz CT molecular complexity index is 806. The zero-order valence-electron chi connectivity index (χ0n) is 11.0. The molecule has 2 rings (SSSR count). The smallest absolute Gasteiger partial charge is 0.255 e. The van der Waals surface area contributed by atoms with E-state index in [4.69, 9.17) is 5.73 Å². The van der Waals surface area contributed by atoms with Crippen molar-refractivity contribution in [1.29, 1.82) is 0 Å². The Kier molecular flexibility index (Phi) is 4.29. The number of halogens is 1. The van der Waals surface area contributed by atoms with E-state index in [1.807, 2.05) is 0 Å². The van der Waals surface area contributed by atoms with E-state index in [-0.39, 0.29) is 16.1 Å². The Morgan fingerprint density at radius 1 is 1.33 bits per heavy atom. The fourth-order valence-corrected chi connectivity index (χ4v) is 2.68. The van der Waals surface area contributed by atoms with Crippen molar-refractivity contribution in [2.45, 2.75) is 4.90 Å². The number of nitrogens with two attached hydrogens (primary N) is 1. The van der Waals surface area contributed by atoms with Crippen LogP contribution in [0.5, 0.6) is 0 Å². The SMILES string of the molecule is CS(=O)(=O)c1cc(N)cc(C(=O)Nc2ccncc2Br)c1. The maximum atomic E-state index is 12.2. The number of anilines is 2. The fraction of sp³-hybridized carbons (Fsp3) is 0.0769. The first-order valence-electron chi connectivity index (χ1n) is 5.79. The lowest BCUT2D eigenvalue weighted by Crippen LogP contribution is -2.14. The molecule has 0 unspecified atom stereocenters. The number of hydrogen-bond donors (Lipinski definition) is 2. The molecule has 3 N–H and O–H groups in total. The van der Waals surface area contributed by atoms with Crippen LogP contribution in [0.25, 0.3) is 0 Å². The van der Waals surface area contributed by atoms with Crippen LogP contribution in [0.15, 0.2) is 46.0 Å². The molecule has 21 heavy (non-hydrogen) atoms. The molecule has 0 atom stereocenters. The van der Waals surface area contributed by atoms with Crippen molar-refractivity contribution in [3.63, 3.8) is 0 Å². The summed E-state index contributed by atoms with van der Waals surface area (Å²) >= 11 is 3.26.